The predicted octanol–water partition coefficient (Wildman–Crippen LogP) is 1.52. The molecule has 2 aromatic rings. The second-order valence-corrected chi connectivity index (χ2v) is 6.20. The molecule has 3 heterocycles. The van der Waals surface area contributed by atoms with Crippen LogP contribution in [-0.4, -0.2) is 36.9 Å². The second-order valence-electron chi connectivity index (χ2n) is 6.20. The van der Waals surface area contributed by atoms with Gasteiger partial charge in [0.15, 0.2) is 11.5 Å². The highest BCUT2D eigenvalue weighted by atomic mass is 16.7. The number of amides is 1. The molecule has 0 bridgehead atoms. The fraction of sp³-hybridized carbons (Fsp3) is 0.222. The lowest BCUT2D eigenvalue weighted by Gasteiger charge is -2.22. The number of nitrogens with zero attached hydrogens (tertiary/aromatic N) is 1. The molecule has 0 saturated carbocycles. The number of anilines is 1. The Bertz CT molecular complexity index is 939. The highest BCUT2D eigenvalue weighted by Crippen LogP contribution is 2.54. The van der Waals surface area contributed by atoms with Gasteiger partial charge in [0.2, 0.25) is 12.7 Å². The van der Waals surface area contributed by atoms with Gasteiger partial charge >= 0.3 is 5.97 Å². The average molecular weight is 339 g/mol. The number of carboxylic acid groups (broad SMARTS) is 1. The molecule has 1 spiro atoms. The number of benzene rings is 2. The maximum atomic E-state index is 13.3. The summed E-state index contributed by atoms with van der Waals surface area (Å²) in [6.07, 6.45) is 0. The summed E-state index contributed by atoms with van der Waals surface area (Å²) >= 11 is 0. The van der Waals surface area contributed by atoms with Crippen molar-refractivity contribution in [2.24, 2.45) is 0 Å². The van der Waals surface area contributed by atoms with Gasteiger partial charge in [0.1, 0.15) is 24.3 Å². The van der Waals surface area contributed by atoms with E-state index in [1.165, 1.54) is 4.90 Å². The van der Waals surface area contributed by atoms with Gasteiger partial charge in [-0.05, 0) is 17.7 Å². The molecule has 126 valence electrons. The van der Waals surface area contributed by atoms with Gasteiger partial charge in [-0.25, -0.2) is 0 Å². The molecule has 1 atom stereocenters. The molecule has 1 amide bonds. The first kappa shape index (κ1) is 14.2. The Hall–Kier alpha value is -3.22. The molecule has 0 fully saturated rings. The van der Waals surface area contributed by atoms with Crippen molar-refractivity contribution in [1.29, 1.82) is 0 Å². The molecule has 0 aliphatic carbocycles. The molecular weight excluding hydrogens is 326 g/mol. The number of para-hydroxylation sites is 1. The maximum absolute atomic E-state index is 13.3. The largest absolute Gasteiger partial charge is 0.491 e. The van der Waals surface area contributed by atoms with Crippen molar-refractivity contribution < 1.29 is 28.9 Å². The van der Waals surface area contributed by atoms with E-state index in [0.717, 1.165) is 5.56 Å². The van der Waals surface area contributed by atoms with Crippen LogP contribution in [-0.2, 0) is 15.0 Å². The highest BCUT2D eigenvalue weighted by Gasteiger charge is 2.57. The van der Waals surface area contributed by atoms with Gasteiger partial charge < -0.3 is 19.3 Å². The number of fused-ring (bicyclic) bond motifs is 5. The average Bonchev–Trinajstić information content (AvgIpc) is 3.26. The van der Waals surface area contributed by atoms with Crippen LogP contribution in [0.4, 0.5) is 5.69 Å². The zero-order valence-electron chi connectivity index (χ0n) is 13.0. The minimum absolute atomic E-state index is 0.122. The van der Waals surface area contributed by atoms with Crippen LogP contribution in [0.25, 0.3) is 0 Å². The van der Waals surface area contributed by atoms with Gasteiger partial charge in [-0.15, -0.1) is 0 Å². The first-order valence-corrected chi connectivity index (χ1v) is 7.81. The molecule has 0 aromatic heterocycles. The van der Waals surface area contributed by atoms with Crippen molar-refractivity contribution >= 4 is 17.6 Å². The van der Waals surface area contributed by atoms with Gasteiger partial charge in [-0.2, -0.15) is 0 Å². The Balaban J connectivity index is 1.73. The van der Waals surface area contributed by atoms with Crippen molar-refractivity contribution in [1.82, 2.24) is 0 Å². The first-order valence-electron chi connectivity index (χ1n) is 7.81. The summed E-state index contributed by atoms with van der Waals surface area (Å²) in [6, 6.07) is 10.7. The van der Waals surface area contributed by atoms with E-state index < -0.39 is 17.9 Å². The number of aliphatic carboxylic acids is 1. The van der Waals surface area contributed by atoms with Crippen LogP contribution in [0.2, 0.25) is 0 Å². The second kappa shape index (κ2) is 4.66. The lowest BCUT2D eigenvalue weighted by Crippen LogP contribution is -2.44. The fourth-order valence-electron chi connectivity index (χ4n) is 3.86. The van der Waals surface area contributed by atoms with Crippen molar-refractivity contribution in [3.8, 4) is 17.2 Å². The van der Waals surface area contributed by atoms with Crippen LogP contribution in [0.3, 0.4) is 0 Å². The molecule has 25 heavy (non-hydrogen) atoms. The third kappa shape index (κ3) is 1.69. The summed E-state index contributed by atoms with van der Waals surface area (Å²) in [5.41, 5.74) is 0.979. The van der Waals surface area contributed by atoms with E-state index in [-0.39, 0.29) is 19.3 Å². The van der Waals surface area contributed by atoms with Crippen molar-refractivity contribution in [3.05, 3.63) is 47.5 Å². The predicted molar refractivity (Wildman–Crippen MR) is 85.3 cm³/mol. The van der Waals surface area contributed by atoms with Crippen LogP contribution < -0.4 is 19.1 Å². The van der Waals surface area contributed by atoms with Crippen LogP contribution in [0, 0.1) is 0 Å². The number of rotatable bonds is 2. The smallest absolute Gasteiger partial charge is 0.323 e. The number of carbonyl (C=O) groups is 2. The van der Waals surface area contributed by atoms with E-state index in [4.69, 9.17) is 14.2 Å². The van der Waals surface area contributed by atoms with E-state index in [9.17, 15) is 14.7 Å². The molecular formula is C18H13NO6. The lowest BCUT2D eigenvalue weighted by atomic mass is 9.77. The van der Waals surface area contributed by atoms with Crippen LogP contribution in [0.5, 0.6) is 17.2 Å². The summed E-state index contributed by atoms with van der Waals surface area (Å²) in [7, 11) is 0. The van der Waals surface area contributed by atoms with Gasteiger partial charge in [-0.3, -0.25) is 14.5 Å². The Kier molecular flexibility index (Phi) is 2.64. The standard InChI is InChI=1S/C18H13NO6/c20-16(21)7-19-12-4-2-1-3-10(12)18(17(19)22)8-23-13-6-15-14(5-11(13)18)24-9-25-15/h1-6H,7-9H2,(H,20,21). The van der Waals surface area contributed by atoms with Gasteiger partial charge in [0.25, 0.3) is 0 Å². The first-order chi connectivity index (χ1) is 12.1. The van der Waals surface area contributed by atoms with Crippen LogP contribution in [0.15, 0.2) is 36.4 Å². The molecule has 0 saturated heterocycles. The Labute approximate surface area is 142 Å². The van der Waals surface area contributed by atoms with E-state index in [1.54, 1.807) is 24.3 Å². The normalized spacial score (nSPS) is 22.1. The number of hydrogen-bond donors (Lipinski definition) is 1. The summed E-state index contributed by atoms with van der Waals surface area (Å²) in [4.78, 5) is 25.9. The Morgan fingerprint density at radius 1 is 1.08 bits per heavy atom. The summed E-state index contributed by atoms with van der Waals surface area (Å²) in [5, 5.41) is 9.21. The highest BCUT2D eigenvalue weighted by molar-refractivity contribution is 6.13. The third-order valence-corrected chi connectivity index (χ3v) is 4.94. The van der Waals surface area contributed by atoms with E-state index in [2.05, 4.69) is 0 Å². The van der Waals surface area contributed by atoms with Gasteiger partial charge in [0.05, 0.1) is 0 Å². The Morgan fingerprint density at radius 3 is 2.64 bits per heavy atom. The molecule has 7 nitrogen and oxygen atoms in total. The molecule has 5 rings (SSSR count). The number of hydrogen-bond acceptors (Lipinski definition) is 5. The zero-order valence-corrected chi connectivity index (χ0v) is 13.0. The van der Waals surface area contributed by atoms with E-state index >= 15 is 0 Å². The minimum atomic E-state index is -1.06. The van der Waals surface area contributed by atoms with Crippen molar-refractivity contribution in [3.63, 3.8) is 0 Å². The van der Waals surface area contributed by atoms with E-state index in [1.807, 2.05) is 12.1 Å². The number of carboxylic acids is 1. The molecule has 1 N–H and O–H groups in total. The van der Waals surface area contributed by atoms with Gasteiger partial charge in [-0.1, -0.05) is 18.2 Å². The molecule has 2 aromatic carbocycles. The summed E-state index contributed by atoms with van der Waals surface area (Å²) in [6.45, 7) is -0.143. The van der Waals surface area contributed by atoms with E-state index in [0.29, 0.717) is 28.5 Å². The SMILES string of the molecule is O=C(O)CN1C(=O)C2(COc3cc4c(cc32)OCO4)c2ccccc21. The molecule has 0 radical (unpaired) electrons. The molecule has 3 aliphatic heterocycles. The monoisotopic (exact) mass is 339 g/mol. The minimum Gasteiger partial charge on any atom is -0.491 e. The number of ether oxygens (including phenoxy) is 3. The maximum Gasteiger partial charge on any atom is 0.323 e. The van der Waals surface area contributed by atoms with Crippen LogP contribution in [0.1, 0.15) is 11.1 Å². The molecule has 1 unspecified atom stereocenters. The lowest BCUT2D eigenvalue weighted by molar-refractivity contribution is -0.137. The summed E-state index contributed by atoms with van der Waals surface area (Å²) in [5.74, 6) is 0.339. The van der Waals surface area contributed by atoms with Crippen LogP contribution >= 0.6 is 0 Å². The Morgan fingerprint density at radius 2 is 1.84 bits per heavy atom. The fourth-order valence-corrected chi connectivity index (χ4v) is 3.86. The number of carbonyl (C=O) groups excluding carboxylic acids is 1. The molecule has 3 aliphatic rings. The zero-order chi connectivity index (χ0) is 17.2. The summed E-state index contributed by atoms with van der Waals surface area (Å²) < 4.78 is 16.6. The van der Waals surface area contributed by atoms with Crippen molar-refractivity contribution in [2.45, 2.75) is 5.41 Å². The quantitative estimate of drug-likeness (QED) is 0.893. The van der Waals surface area contributed by atoms with Crippen molar-refractivity contribution in [2.75, 3.05) is 24.8 Å². The topological polar surface area (TPSA) is 85.3 Å². The van der Waals surface area contributed by atoms with Gasteiger partial charge in [0, 0.05) is 17.3 Å². The molecule has 7 heteroatoms. The third-order valence-electron chi connectivity index (χ3n) is 4.94.